The Morgan fingerprint density at radius 2 is 1.41 bits per heavy atom. The molecule has 0 amide bonds. The summed E-state index contributed by atoms with van der Waals surface area (Å²) >= 11 is 0. The molecule has 150 valence electrons. The molecule has 2 heteroatoms. The van der Waals surface area contributed by atoms with E-state index in [1.165, 1.54) is 34.9 Å². The van der Waals surface area contributed by atoms with Gasteiger partial charge in [-0.05, 0) is 30.2 Å². The van der Waals surface area contributed by atoms with Crippen LogP contribution < -0.4 is 0 Å². The number of aromatic nitrogens is 2. The van der Waals surface area contributed by atoms with Gasteiger partial charge in [0.1, 0.15) is 5.65 Å². The number of aryl methyl sites for hydroxylation is 2. The maximum atomic E-state index is 4.73. The smallest absolute Gasteiger partial charge is 0.145 e. The molecular formula is C25H40N2. The molecule has 0 fully saturated rings. The van der Waals surface area contributed by atoms with E-state index in [4.69, 9.17) is 4.98 Å². The Bertz CT molecular complexity index is 818. The molecule has 3 aromatic rings. The fourth-order valence-electron chi connectivity index (χ4n) is 2.68. The van der Waals surface area contributed by atoms with Gasteiger partial charge in [0.2, 0.25) is 0 Å². The summed E-state index contributed by atoms with van der Waals surface area (Å²) in [5, 5.41) is 2.55. The molecule has 1 aromatic carbocycles. The topological polar surface area (TPSA) is 17.3 Å². The molecule has 2 nitrogen and oxygen atoms in total. The van der Waals surface area contributed by atoms with Crippen molar-refractivity contribution >= 4 is 16.4 Å². The molecule has 0 atom stereocenters. The average Bonchev–Trinajstić information content (AvgIpc) is 2.98. The summed E-state index contributed by atoms with van der Waals surface area (Å²) < 4.78 is 2.23. The van der Waals surface area contributed by atoms with E-state index in [0.29, 0.717) is 0 Å². The first kappa shape index (κ1) is 24.9. The van der Waals surface area contributed by atoms with Crippen molar-refractivity contribution in [3.63, 3.8) is 0 Å². The SMILES string of the molecule is C=C.CC.CCCC.Cc1nc2c3ccccc3c(C(C)(C)C)cn2c1C. The minimum atomic E-state index is 0.123. The molecule has 0 radical (unpaired) electrons. The normalized spacial score (nSPS) is 10.3. The number of rotatable bonds is 1. The second kappa shape index (κ2) is 11.6. The zero-order valence-electron chi connectivity index (χ0n) is 19.1. The Balaban J connectivity index is 0.000000737. The predicted molar refractivity (Wildman–Crippen MR) is 124 cm³/mol. The van der Waals surface area contributed by atoms with Crippen molar-refractivity contribution in [2.75, 3.05) is 0 Å². The Morgan fingerprint density at radius 3 is 1.85 bits per heavy atom. The van der Waals surface area contributed by atoms with Crippen LogP contribution in [0.5, 0.6) is 0 Å². The first-order valence-electron chi connectivity index (χ1n) is 10.2. The highest BCUT2D eigenvalue weighted by atomic mass is 15.0. The van der Waals surface area contributed by atoms with E-state index in [0.717, 1.165) is 11.3 Å². The molecule has 0 aliphatic rings. The molecule has 27 heavy (non-hydrogen) atoms. The second-order valence-electron chi connectivity index (χ2n) is 7.31. The molecule has 0 bridgehead atoms. The summed E-state index contributed by atoms with van der Waals surface area (Å²) in [5.74, 6) is 0. The second-order valence-corrected chi connectivity index (χ2v) is 7.31. The lowest BCUT2D eigenvalue weighted by Gasteiger charge is -2.22. The minimum Gasteiger partial charge on any atom is -0.303 e. The van der Waals surface area contributed by atoms with Crippen LogP contribution in [0.25, 0.3) is 16.4 Å². The molecule has 0 aliphatic carbocycles. The molecule has 2 heterocycles. The van der Waals surface area contributed by atoms with Gasteiger partial charge in [-0.3, -0.25) is 0 Å². The van der Waals surface area contributed by atoms with Crippen LogP contribution in [-0.2, 0) is 5.41 Å². The molecule has 0 aliphatic heterocycles. The van der Waals surface area contributed by atoms with Crippen LogP contribution in [0.2, 0.25) is 0 Å². The lowest BCUT2D eigenvalue weighted by atomic mass is 9.85. The van der Waals surface area contributed by atoms with Crippen molar-refractivity contribution in [1.82, 2.24) is 9.38 Å². The van der Waals surface area contributed by atoms with Crippen molar-refractivity contribution in [2.24, 2.45) is 0 Å². The van der Waals surface area contributed by atoms with Gasteiger partial charge in [-0.15, -0.1) is 13.2 Å². The zero-order chi connectivity index (χ0) is 21.2. The van der Waals surface area contributed by atoms with Crippen LogP contribution >= 0.6 is 0 Å². The van der Waals surface area contributed by atoms with Crippen molar-refractivity contribution in [1.29, 1.82) is 0 Å². The molecule has 0 unspecified atom stereocenters. The Kier molecular flexibility index (Phi) is 10.7. The highest BCUT2D eigenvalue weighted by Crippen LogP contribution is 2.32. The third-order valence-corrected chi connectivity index (χ3v) is 4.41. The van der Waals surface area contributed by atoms with E-state index in [9.17, 15) is 0 Å². The van der Waals surface area contributed by atoms with E-state index in [1.807, 2.05) is 13.8 Å². The minimum absolute atomic E-state index is 0.123. The van der Waals surface area contributed by atoms with E-state index in [-0.39, 0.29) is 5.41 Å². The van der Waals surface area contributed by atoms with Crippen molar-refractivity contribution in [3.05, 3.63) is 60.6 Å². The Labute approximate surface area is 167 Å². The average molecular weight is 369 g/mol. The van der Waals surface area contributed by atoms with Crippen molar-refractivity contribution in [2.45, 2.75) is 80.6 Å². The van der Waals surface area contributed by atoms with Crippen LogP contribution in [0.15, 0.2) is 43.6 Å². The summed E-state index contributed by atoms with van der Waals surface area (Å²) in [6.07, 6.45) is 4.90. The molecule has 0 saturated heterocycles. The van der Waals surface area contributed by atoms with Gasteiger partial charge in [0.15, 0.2) is 0 Å². The molecule has 2 aromatic heterocycles. The van der Waals surface area contributed by atoms with E-state index >= 15 is 0 Å². The third-order valence-electron chi connectivity index (χ3n) is 4.41. The molecular weight excluding hydrogens is 328 g/mol. The zero-order valence-corrected chi connectivity index (χ0v) is 19.1. The number of imidazole rings is 1. The summed E-state index contributed by atoms with van der Waals surface area (Å²) in [5.41, 5.74) is 4.90. The Morgan fingerprint density at radius 1 is 0.926 bits per heavy atom. The first-order chi connectivity index (χ1) is 12.8. The van der Waals surface area contributed by atoms with Gasteiger partial charge in [0.25, 0.3) is 0 Å². The molecule has 3 rings (SSSR count). The van der Waals surface area contributed by atoms with Gasteiger partial charge in [-0.2, -0.15) is 0 Å². The number of pyridine rings is 1. The summed E-state index contributed by atoms with van der Waals surface area (Å²) in [6.45, 7) is 25.4. The number of hydrogen-bond donors (Lipinski definition) is 0. The quantitative estimate of drug-likeness (QED) is 0.397. The maximum Gasteiger partial charge on any atom is 0.145 e. The molecule has 0 spiro atoms. The first-order valence-corrected chi connectivity index (χ1v) is 10.2. The van der Waals surface area contributed by atoms with Crippen molar-refractivity contribution in [3.8, 4) is 0 Å². The summed E-state index contributed by atoms with van der Waals surface area (Å²) in [4.78, 5) is 4.73. The van der Waals surface area contributed by atoms with E-state index < -0.39 is 0 Å². The molecule has 0 saturated carbocycles. The Hall–Kier alpha value is -2.09. The number of fused-ring (bicyclic) bond motifs is 3. The van der Waals surface area contributed by atoms with Gasteiger partial charge in [-0.25, -0.2) is 4.98 Å². The standard InChI is InChI=1S/C17H20N2.C4H10.C2H6.C2H4/c1-11-12(2)19-10-15(17(3,4)5)13-8-6-7-9-14(13)16(19)18-11;1-3-4-2;2*1-2/h6-10H,1-5H3;3-4H2,1-2H3;1-2H3;1-2H2. The van der Waals surface area contributed by atoms with Crippen LogP contribution in [0.4, 0.5) is 0 Å². The van der Waals surface area contributed by atoms with Gasteiger partial charge >= 0.3 is 0 Å². The lowest BCUT2D eigenvalue weighted by Crippen LogP contribution is -2.13. The van der Waals surface area contributed by atoms with E-state index in [1.54, 1.807) is 0 Å². The highest BCUT2D eigenvalue weighted by Gasteiger charge is 2.20. The lowest BCUT2D eigenvalue weighted by molar-refractivity contribution is 0.592. The van der Waals surface area contributed by atoms with Gasteiger partial charge in [0, 0.05) is 17.3 Å². The number of nitrogens with zero attached hydrogens (tertiary/aromatic N) is 2. The van der Waals surface area contributed by atoms with Crippen LogP contribution in [0.3, 0.4) is 0 Å². The maximum absolute atomic E-state index is 4.73. The van der Waals surface area contributed by atoms with Crippen LogP contribution in [-0.4, -0.2) is 9.38 Å². The van der Waals surface area contributed by atoms with Gasteiger partial charge in [-0.1, -0.05) is 85.6 Å². The number of benzene rings is 1. The fourth-order valence-corrected chi connectivity index (χ4v) is 2.68. The third kappa shape index (κ3) is 5.95. The van der Waals surface area contributed by atoms with Crippen LogP contribution in [0, 0.1) is 13.8 Å². The van der Waals surface area contributed by atoms with Crippen LogP contribution in [0.1, 0.15) is 78.3 Å². The summed E-state index contributed by atoms with van der Waals surface area (Å²) in [6, 6.07) is 8.58. The largest absolute Gasteiger partial charge is 0.303 e. The highest BCUT2D eigenvalue weighted by molar-refractivity contribution is 5.96. The fraction of sp³-hybridized carbons (Fsp3) is 0.480. The van der Waals surface area contributed by atoms with Gasteiger partial charge in [0.05, 0.1) is 5.69 Å². The van der Waals surface area contributed by atoms with Gasteiger partial charge < -0.3 is 4.40 Å². The van der Waals surface area contributed by atoms with Crippen molar-refractivity contribution < 1.29 is 0 Å². The number of hydrogen-bond acceptors (Lipinski definition) is 1. The monoisotopic (exact) mass is 368 g/mol. The number of unbranched alkanes of at least 4 members (excludes halogenated alkanes) is 1. The molecule has 0 N–H and O–H groups in total. The summed E-state index contributed by atoms with van der Waals surface area (Å²) in [7, 11) is 0. The van der Waals surface area contributed by atoms with E-state index in [2.05, 4.69) is 96.5 Å². The predicted octanol–water partition coefficient (Wildman–Crippen LogP) is 8.04.